The molecule has 0 aliphatic carbocycles. The van der Waals surface area contributed by atoms with Crippen molar-refractivity contribution in [3.8, 4) is 0 Å². The number of fused-ring (bicyclic) bond motifs is 1. The average molecular weight is 397 g/mol. The average Bonchev–Trinajstić information content (AvgIpc) is 2.88. The van der Waals surface area contributed by atoms with Crippen molar-refractivity contribution in [3.63, 3.8) is 0 Å². The number of likely N-dealkylation sites (N-methyl/N-ethyl adjacent to an activating group) is 1. The van der Waals surface area contributed by atoms with Crippen LogP contribution in [0.5, 0.6) is 0 Å². The fourth-order valence-corrected chi connectivity index (χ4v) is 3.86. The van der Waals surface area contributed by atoms with Crippen molar-refractivity contribution in [2.75, 3.05) is 38.6 Å². The molecule has 2 rings (SSSR count). The van der Waals surface area contributed by atoms with E-state index in [4.69, 9.17) is 5.14 Å². The van der Waals surface area contributed by atoms with Gasteiger partial charge in [-0.2, -0.15) is 0 Å². The van der Waals surface area contributed by atoms with Crippen molar-refractivity contribution >= 4 is 27.5 Å². The Morgan fingerprint density at radius 1 is 1.26 bits per heavy atom. The Morgan fingerprint density at radius 2 is 1.93 bits per heavy atom. The zero-order chi connectivity index (χ0) is 20.4. The third-order valence-electron chi connectivity index (χ3n) is 4.62. The second kappa shape index (κ2) is 8.37. The van der Waals surface area contributed by atoms with E-state index in [-0.39, 0.29) is 35.8 Å². The smallest absolute Gasteiger partial charge is 0.241 e. The van der Waals surface area contributed by atoms with Crippen LogP contribution in [0.4, 0.5) is 5.69 Å². The van der Waals surface area contributed by atoms with Gasteiger partial charge in [-0.05, 0) is 50.1 Å². The Labute approximate surface area is 161 Å². The first kappa shape index (κ1) is 21.3. The molecule has 8 nitrogen and oxygen atoms in total. The number of primary sulfonamides is 1. The Balaban J connectivity index is 2.20. The highest BCUT2D eigenvalue weighted by Crippen LogP contribution is 2.33. The first-order valence-electron chi connectivity index (χ1n) is 8.94. The van der Waals surface area contributed by atoms with Crippen LogP contribution in [-0.4, -0.2) is 69.8 Å². The molecule has 1 heterocycles. The van der Waals surface area contributed by atoms with Crippen molar-refractivity contribution in [3.05, 3.63) is 23.8 Å². The van der Waals surface area contributed by atoms with Gasteiger partial charge in [0.05, 0.1) is 18.0 Å². The zero-order valence-corrected chi connectivity index (χ0v) is 17.1. The lowest BCUT2D eigenvalue weighted by atomic mass is 10.1. The van der Waals surface area contributed by atoms with Gasteiger partial charge >= 0.3 is 0 Å². The van der Waals surface area contributed by atoms with E-state index in [1.807, 2.05) is 18.7 Å². The molecule has 0 spiro atoms. The summed E-state index contributed by atoms with van der Waals surface area (Å²) in [5.41, 5.74) is 1.49. The number of anilines is 1. The van der Waals surface area contributed by atoms with Gasteiger partial charge in [-0.15, -0.1) is 0 Å². The summed E-state index contributed by atoms with van der Waals surface area (Å²) in [6, 6.07) is 4.50. The SMILES string of the molecule is CCCN(CC(=O)N(C)C)CC(=O)N1c2ccc(S(N)(=O)=O)cc2CC1C. The maximum absolute atomic E-state index is 13.0. The van der Waals surface area contributed by atoms with Crippen LogP contribution in [0.15, 0.2) is 23.1 Å². The molecule has 0 saturated carbocycles. The number of benzene rings is 1. The van der Waals surface area contributed by atoms with Crippen LogP contribution in [0, 0.1) is 0 Å². The minimum atomic E-state index is -3.78. The van der Waals surface area contributed by atoms with Gasteiger partial charge in [-0.25, -0.2) is 13.6 Å². The van der Waals surface area contributed by atoms with Gasteiger partial charge in [0, 0.05) is 25.8 Å². The fraction of sp³-hybridized carbons (Fsp3) is 0.556. The summed E-state index contributed by atoms with van der Waals surface area (Å²) < 4.78 is 23.1. The van der Waals surface area contributed by atoms with E-state index >= 15 is 0 Å². The number of sulfonamides is 1. The fourth-order valence-electron chi connectivity index (χ4n) is 3.29. The molecule has 1 unspecified atom stereocenters. The number of carbonyl (C=O) groups is 2. The zero-order valence-electron chi connectivity index (χ0n) is 16.3. The van der Waals surface area contributed by atoms with Crippen LogP contribution in [0.1, 0.15) is 25.8 Å². The molecule has 1 aliphatic heterocycles. The molecule has 1 aliphatic rings. The Morgan fingerprint density at radius 3 is 2.48 bits per heavy atom. The molecule has 150 valence electrons. The van der Waals surface area contributed by atoms with Crippen LogP contribution in [-0.2, 0) is 26.0 Å². The lowest BCUT2D eigenvalue weighted by molar-refractivity contribution is -0.130. The summed E-state index contributed by atoms with van der Waals surface area (Å²) in [5, 5.41) is 5.20. The highest BCUT2D eigenvalue weighted by Gasteiger charge is 2.32. The molecule has 2 amide bonds. The van der Waals surface area contributed by atoms with E-state index in [2.05, 4.69) is 0 Å². The lowest BCUT2D eigenvalue weighted by Crippen LogP contribution is -2.46. The van der Waals surface area contributed by atoms with Crippen molar-refractivity contribution < 1.29 is 18.0 Å². The molecule has 0 fully saturated rings. The molecule has 9 heteroatoms. The van der Waals surface area contributed by atoms with Gasteiger partial charge in [-0.3, -0.25) is 14.5 Å². The van der Waals surface area contributed by atoms with Crippen LogP contribution in [0.25, 0.3) is 0 Å². The molecular formula is C18H28N4O4S. The van der Waals surface area contributed by atoms with Crippen LogP contribution >= 0.6 is 0 Å². The molecule has 0 bridgehead atoms. The van der Waals surface area contributed by atoms with Crippen molar-refractivity contribution in [1.82, 2.24) is 9.80 Å². The Hall–Kier alpha value is -1.97. The van der Waals surface area contributed by atoms with E-state index < -0.39 is 10.0 Å². The molecule has 0 saturated heterocycles. The van der Waals surface area contributed by atoms with E-state index in [9.17, 15) is 18.0 Å². The lowest BCUT2D eigenvalue weighted by Gasteiger charge is -2.28. The van der Waals surface area contributed by atoms with Gasteiger partial charge in [-0.1, -0.05) is 6.92 Å². The van der Waals surface area contributed by atoms with E-state index in [0.717, 1.165) is 12.0 Å². The predicted octanol–water partition coefficient (Wildman–Crippen LogP) is 0.412. The highest BCUT2D eigenvalue weighted by atomic mass is 32.2. The van der Waals surface area contributed by atoms with Crippen LogP contribution in [0.2, 0.25) is 0 Å². The van der Waals surface area contributed by atoms with Crippen LogP contribution < -0.4 is 10.0 Å². The van der Waals surface area contributed by atoms with Crippen molar-refractivity contribution in [2.24, 2.45) is 5.14 Å². The number of carbonyl (C=O) groups excluding carboxylic acids is 2. The quantitative estimate of drug-likeness (QED) is 0.719. The van der Waals surface area contributed by atoms with Gasteiger partial charge in [0.2, 0.25) is 21.8 Å². The number of nitrogens with two attached hydrogens (primary N) is 1. The van der Waals surface area contributed by atoms with E-state index in [1.54, 1.807) is 25.1 Å². The summed E-state index contributed by atoms with van der Waals surface area (Å²) in [7, 11) is -0.400. The minimum absolute atomic E-state index is 0.0481. The number of rotatable bonds is 7. The van der Waals surface area contributed by atoms with E-state index in [1.165, 1.54) is 17.0 Å². The third kappa shape index (κ3) is 5.06. The van der Waals surface area contributed by atoms with Crippen molar-refractivity contribution in [2.45, 2.75) is 37.6 Å². The van der Waals surface area contributed by atoms with Gasteiger partial charge in [0.25, 0.3) is 0 Å². The summed E-state index contributed by atoms with van der Waals surface area (Å²) in [6.45, 7) is 4.88. The maximum atomic E-state index is 13.0. The maximum Gasteiger partial charge on any atom is 0.241 e. The first-order valence-corrected chi connectivity index (χ1v) is 10.5. The van der Waals surface area contributed by atoms with Gasteiger partial charge < -0.3 is 9.80 Å². The number of hydrogen-bond donors (Lipinski definition) is 1. The van der Waals surface area contributed by atoms with Crippen LogP contribution in [0.3, 0.4) is 0 Å². The molecule has 27 heavy (non-hydrogen) atoms. The van der Waals surface area contributed by atoms with Gasteiger partial charge in [0.1, 0.15) is 0 Å². The number of hydrogen-bond acceptors (Lipinski definition) is 5. The molecule has 1 aromatic carbocycles. The van der Waals surface area contributed by atoms with Crippen molar-refractivity contribution in [1.29, 1.82) is 0 Å². The Bertz CT molecular complexity index is 823. The third-order valence-corrected chi connectivity index (χ3v) is 5.53. The largest absolute Gasteiger partial charge is 0.348 e. The summed E-state index contributed by atoms with van der Waals surface area (Å²) in [5.74, 6) is -0.159. The summed E-state index contributed by atoms with van der Waals surface area (Å²) in [4.78, 5) is 30.1. The first-order chi connectivity index (χ1) is 12.5. The molecule has 2 N–H and O–H groups in total. The monoisotopic (exact) mass is 396 g/mol. The topological polar surface area (TPSA) is 104 Å². The highest BCUT2D eigenvalue weighted by molar-refractivity contribution is 7.89. The Kier molecular flexibility index (Phi) is 6.61. The van der Waals surface area contributed by atoms with Gasteiger partial charge in [0.15, 0.2) is 0 Å². The standard InChI is InChI=1S/C18H28N4O4S/c1-5-8-21(11-17(23)20(3)4)12-18(24)22-13(2)9-14-10-15(27(19,25)26)6-7-16(14)22/h6-7,10,13H,5,8-9,11-12H2,1-4H3,(H2,19,25,26). The molecule has 0 aromatic heterocycles. The molecule has 1 atom stereocenters. The second-order valence-corrected chi connectivity index (χ2v) is 8.71. The predicted molar refractivity (Wildman–Crippen MR) is 104 cm³/mol. The normalized spacial score (nSPS) is 16.5. The summed E-state index contributed by atoms with van der Waals surface area (Å²) in [6.07, 6.45) is 1.40. The molecule has 0 radical (unpaired) electrons. The molecular weight excluding hydrogens is 368 g/mol. The van der Waals surface area contributed by atoms with E-state index in [0.29, 0.717) is 18.7 Å². The number of nitrogens with zero attached hydrogens (tertiary/aromatic N) is 3. The number of amides is 2. The second-order valence-electron chi connectivity index (χ2n) is 7.15. The summed E-state index contributed by atoms with van der Waals surface area (Å²) >= 11 is 0. The minimum Gasteiger partial charge on any atom is -0.348 e. The molecule has 1 aromatic rings.